The van der Waals surface area contributed by atoms with E-state index in [1.54, 1.807) is 12.5 Å². The third kappa shape index (κ3) is 3.89. The van der Waals surface area contributed by atoms with Gasteiger partial charge >= 0.3 is 0 Å². The van der Waals surface area contributed by atoms with Crippen LogP contribution < -0.4 is 10.6 Å². The maximum Gasteiger partial charge on any atom is 0.226 e. The van der Waals surface area contributed by atoms with Gasteiger partial charge in [-0.1, -0.05) is 24.3 Å². The van der Waals surface area contributed by atoms with E-state index in [-0.39, 0.29) is 18.0 Å². The number of carbonyl (C=O) groups excluding carboxylic acids is 1. The second-order valence-corrected chi connectivity index (χ2v) is 6.89. The Labute approximate surface area is 168 Å². The van der Waals surface area contributed by atoms with Crippen LogP contribution in [0.5, 0.6) is 0 Å². The largest absolute Gasteiger partial charge is 0.467 e. The van der Waals surface area contributed by atoms with Crippen LogP contribution in [0.3, 0.4) is 0 Å². The van der Waals surface area contributed by atoms with Crippen LogP contribution in [-0.2, 0) is 4.79 Å². The van der Waals surface area contributed by atoms with Gasteiger partial charge in [0.15, 0.2) is 5.11 Å². The van der Waals surface area contributed by atoms with E-state index in [9.17, 15) is 4.79 Å². The molecular weight excluding hydrogens is 372 g/mol. The van der Waals surface area contributed by atoms with Crippen molar-refractivity contribution in [2.24, 2.45) is 0 Å². The highest BCUT2D eigenvalue weighted by Gasteiger charge is 2.41. The molecule has 2 aromatic heterocycles. The molecule has 1 saturated heterocycles. The van der Waals surface area contributed by atoms with Crippen molar-refractivity contribution >= 4 is 28.9 Å². The number of carbonyl (C=O) groups is 1. The molecule has 1 aliphatic rings. The van der Waals surface area contributed by atoms with Crippen molar-refractivity contribution in [2.45, 2.75) is 18.5 Å². The summed E-state index contributed by atoms with van der Waals surface area (Å²) >= 11 is 5.56. The van der Waals surface area contributed by atoms with Crippen molar-refractivity contribution in [1.82, 2.24) is 15.2 Å². The zero-order valence-electron chi connectivity index (χ0n) is 15.1. The highest BCUT2D eigenvalue weighted by atomic mass is 32.1. The summed E-state index contributed by atoms with van der Waals surface area (Å²) < 4.78 is 5.68. The molecule has 2 N–H and O–H groups in total. The first kappa shape index (κ1) is 18.2. The van der Waals surface area contributed by atoms with Gasteiger partial charge in [-0.2, -0.15) is 0 Å². The fraction of sp³-hybridized carbons (Fsp3) is 0.190. The Morgan fingerprint density at radius 1 is 1.14 bits per heavy atom. The monoisotopic (exact) mass is 392 g/mol. The predicted octanol–water partition coefficient (Wildman–Crippen LogP) is 3.68. The smallest absolute Gasteiger partial charge is 0.226 e. The molecule has 2 atom stereocenters. The summed E-state index contributed by atoms with van der Waals surface area (Å²) in [6.45, 7) is 0.471. The van der Waals surface area contributed by atoms with Crippen LogP contribution in [0.2, 0.25) is 0 Å². The normalized spacial score (nSPS) is 18.7. The second kappa shape index (κ2) is 8.22. The minimum atomic E-state index is -0.165. The Balaban J connectivity index is 1.50. The molecule has 6 nitrogen and oxygen atoms in total. The first-order valence-corrected chi connectivity index (χ1v) is 9.49. The lowest BCUT2D eigenvalue weighted by atomic mass is 10.0. The van der Waals surface area contributed by atoms with Crippen molar-refractivity contribution in [3.05, 3.63) is 84.6 Å². The number of hydrogen-bond acceptors (Lipinski definition) is 4. The molecule has 0 saturated carbocycles. The highest BCUT2D eigenvalue weighted by Crippen LogP contribution is 2.38. The van der Waals surface area contributed by atoms with Crippen LogP contribution in [-0.4, -0.2) is 27.4 Å². The van der Waals surface area contributed by atoms with E-state index in [0.29, 0.717) is 18.1 Å². The molecule has 1 fully saturated rings. The highest BCUT2D eigenvalue weighted by molar-refractivity contribution is 7.80. The number of rotatable bonds is 6. The Hall–Kier alpha value is -3.19. The lowest BCUT2D eigenvalue weighted by molar-refractivity contribution is -0.116. The number of benzene rings is 1. The zero-order chi connectivity index (χ0) is 19.3. The number of para-hydroxylation sites is 1. The Morgan fingerprint density at radius 2 is 1.96 bits per heavy atom. The van der Waals surface area contributed by atoms with Crippen molar-refractivity contribution in [1.29, 1.82) is 0 Å². The molecule has 1 aliphatic heterocycles. The maximum atomic E-state index is 12.4. The van der Waals surface area contributed by atoms with Gasteiger partial charge in [0.05, 0.1) is 18.0 Å². The van der Waals surface area contributed by atoms with E-state index in [2.05, 4.69) is 15.6 Å². The summed E-state index contributed by atoms with van der Waals surface area (Å²) in [6, 6.07) is 18.7. The fourth-order valence-corrected chi connectivity index (χ4v) is 3.71. The molecule has 3 heterocycles. The average molecular weight is 392 g/mol. The average Bonchev–Trinajstić information content (AvgIpc) is 3.35. The van der Waals surface area contributed by atoms with Gasteiger partial charge in [-0.3, -0.25) is 9.78 Å². The third-order valence-corrected chi connectivity index (χ3v) is 5.02. The van der Waals surface area contributed by atoms with E-state index in [4.69, 9.17) is 16.6 Å². The molecular formula is C21H20N4O2S. The standard InChI is InChI=1S/C21H20N4O2S/c26-18(23-15-7-2-1-3-8-15)11-13-25-20(17-10-6-14-27-17)19(24-21(25)28)16-9-4-5-12-22-16/h1-10,12,14,19-20H,11,13H2,(H,23,26)(H,24,28)/t19-,20-/m1/s1. The van der Waals surface area contributed by atoms with Gasteiger partial charge in [-0.05, 0) is 48.6 Å². The summed E-state index contributed by atoms with van der Waals surface area (Å²) in [5.41, 5.74) is 1.66. The summed E-state index contributed by atoms with van der Waals surface area (Å²) in [7, 11) is 0. The Morgan fingerprint density at radius 3 is 2.68 bits per heavy atom. The number of pyridine rings is 1. The van der Waals surface area contributed by atoms with Crippen LogP contribution in [0, 0.1) is 0 Å². The molecule has 0 aliphatic carbocycles. The van der Waals surface area contributed by atoms with E-state index in [1.807, 2.05) is 65.6 Å². The summed E-state index contributed by atoms with van der Waals surface area (Å²) in [4.78, 5) is 18.9. The summed E-state index contributed by atoms with van der Waals surface area (Å²) in [5, 5.41) is 6.83. The first-order valence-electron chi connectivity index (χ1n) is 9.09. The number of hydrogen-bond donors (Lipinski definition) is 2. The topological polar surface area (TPSA) is 70.4 Å². The Kier molecular flexibility index (Phi) is 5.34. The number of anilines is 1. The second-order valence-electron chi connectivity index (χ2n) is 6.50. The molecule has 0 bridgehead atoms. The van der Waals surface area contributed by atoms with Crippen molar-refractivity contribution in [3.8, 4) is 0 Å². The van der Waals surface area contributed by atoms with Crippen LogP contribution in [0.15, 0.2) is 77.5 Å². The zero-order valence-corrected chi connectivity index (χ0v) is 15.9. The van der Waals surface area contributed by atoms with E-state index >= 15 is 0 Å². The van der Waals surface area contributed by atoms with Gasteiger partial charge in [0.2, 0.25) is 5.91 Å². The minimum absolute atomic E-state index is 0.0616. The number of aromatic nitrogens is 1. The van der Waals surface area contributed by atoms with Gasteiger partial charge in [0.25, 0.3) is 0 Å². The van der Waals surface area contributed by atoms with E-state index in [1.165, 1.54) is 0 Å². The molecule has 1 aromatic carbocycles. The molecule has 3 aromatic rings. The molecule has 0 radical (unpaired) electrons. The van der Waals surface area contributed by atoms with Crippen LogP contribution in [0.1, 0.15) is 30.0 Å². The summed E-state index contributed by atoms with van der Waals surface area (Å²) in [6.07, 6.45) is 3.71. The van der Waals surface area contributed by atoms with Crippen molar-refractivity contribution < 1.29 is 9.21 Å². The minimum Gasteiger partial charge on any atom is -0.467 e. The molecule has 142 valence electrons. The first-order chi connectivity index (χ1) is 13.7. The van der Waals surface area contributed by atoms with Crippen LogP contribution >= 0.6 is 12.2 Å². The maximum absolute atomic E-state index is 12.4. The van der Waals surface area contributed by atoms with Crippen molar-refractivity contribution in [3.63, 3.8) is 0 Å². The predicted molar refractivity (Wildman–Crippen MR) is 111 cm³/mol. The SMILES string of the molecule is O=C(CCN1C(=S)N[C@H](c2ccccn2)[C@H]1c1ccco1)Nc1ccccc1. The lowest BCUT2D eigenvalue weighted by Gasteiger charge is -2.25. The van der Waals surface area contributed by atoms with Crippen LogP contribution in [0.25, 0.3) is 0 Å². The van der Waals surface area contributed by atoms with Gasteiger partial charge in [-0.25, -0.2) is 0 Å². The van der Waals surface area contributed by atoms with E-state index < -0.39 is 0 Å². The third-order valence-electron chi connectivity index (χ3n) is 4.67. The van der Waals surface area contributed by atoms with Gasteiger partial charge < -0.3 is 20.0 Å². The van der Waals surface area contributed by atoms with Crippen molar-refractivity contribution in [2.75, 3.05) is 11.9 Å². The molecule has 28 heavy (non-hydrogen) atoms. The molecule has 7 heteroatoms. The fourth-order valence-electron chi connectivity index (χ4n) is 3.38. The number of amides is 1. The van der Waals surface area contributed by atoms with Crippen LogP contribution in [0.4, 0.5) is 5.69 Å². The molecule has 0 unspecified atom stereocenters. The van der Waals surface area contributed by atoms with Gasteiger partial charge in [0, 0.05) is 24.8 Å². The molecule has 4 rings (SSSR count). The Bertz CT molecular complexity index is 932. The van der Waals surface area contributed by atoms with Gasteiger partial charge in [0.1, 0.15) is 11.8 Å². The number of nitrogens with one attached hydrogen (secondary N) is 2. The van der Waals surface area contributed by atoms with E-state index in [0.717, 1.165) is 17.1 Å². The summed E-state index contributed by atoms with van der Waals surface area (Å²) in [5.74, 6) is 0.722. The molecule has 0 spiro atoms. The number of nitrogens with zero attached hydrogens (tertiary/aromatic N) is 2. The lowest BCUT2D eigenvalue weighted by Crippen LogP contribution is -2.32. The number of furan rings is 1. The molecule has 1 amide bonds. The number of thiocarbonyl (C=S) groups is 1. The van der Waals surface area contributed by atoms with Gasteiger partial charge in [-0.15, -0.1) is 0 Å². The quantitative estimate of drug-likeness (QED) is 0.624.